The predicted molar refractivity (Wildman–Crippen MR) is 205 cm³/mol. The molecule has 0 fully saturated rings. The molecule has 2 aromatic heterocycles. The zero-order valence-corrected chi connectivity index (χ0v) is 29.3. The van der Waals surface area contributed by atoms with Crippen molar-refractivity contribution in [3.8, 4) is 28.5 Å². The maximum absolute atomic E-state index is 12.5. The second-order valence-corrected chi connectivity index (χ2v) is 12.5. The number of carbonyl (C=O) groups excluding carboxylic acids is 1. The zero-order chi connectivity index (χ0) is 36.2. The van der Waals surface area contributed by atoms with Gasteiger partial charge in [0.15, 0.2) is 5.54 Å². The topological polar surface area (TPSA) is 97.0 Å². The van der Waals surface area contributed by atoms with Crippen LogP contribution in [0.3, 0.4) is 0 Å². The molecule has 0 N–H and O–H groups in total. The van der Waals surface area contributed by atoms with Crippen molar-refractivity contribution in [2.45, 2.75) is 19.0 Å². The largest absolute Gasteiger partial charge is 0.465 e. The lowest BCUT2D eigenvalue weighted by molar-refractivity contribution is 0.0602. The normalized spacial score (nSPS) is 11.4. The number of para-hydroxylation sites is 1. The number of benzene rings is 6. The molecule has 0 unspecified atom stereocenters. The van der Waals surface area contributed by atoms with E-state index in [0.717, 1.165) is 44.5 Å². The highest BCUT2D eigenvalue weighted by atomic mass is 16.5. The second kappa shape index (κ2) is 14.4. The highest BCUT2D eigenvalue weighted by Crippen LogP contribution is 2.40. The van der Waals surface area contributed by atoms with Crippen LogP contribution in [0.2, 0.25) is 0 Å². The molecule has 0 radical (unpaired) electrons. The summed E-state index contributed by atoms with van der Waals surface area (Å²) in [5.74, 6) is 0.0798. The van der Waals surface area contributed by atoms with Gasteiger partial charge in [-0.25, -0.2) is 4.79 Å². The van der Waals surface area contributed by atoms with E-state index in [1.165, 1.54) is 7.11 Å². The van der Waals surface area contributed by atoms with Gasteiger partial charge in [0.25, 0.3) is 6.01 Å². The lowest BCUT2D eigenvalue weighted by Gasteiger charge is -2.34. The third-order valence-corrected chi connectivity index (χ3v) is 9.48. The lowest BCUT2D eigenvalue weighted by Crippen LogP contribution is -2.39. The summed E-state index contributed by atoms with van der Waals surface area (Å²) >= 11 is 0. The first kappa shape index (κ1) is 33.3. The van der Waals surface area contributed by atoms with Gasteiger partial charge < -0.3 is 9.47 Å². The number of rotatable bonds is 11. The highest BCUT2D eigenvalue weighted by Gasteiger charge is 2.41. The third-order valence-electron chi connectivity index (χ3n) is 9.48. The van der Waals surface area contributed by atoms with Crippen LogP contribution in [0.5, 0.6) is 6.01 Å². The summed E-state index contributed by atoms with van der Waals surface area (Å²) in [5, 5.41) is 14.6. The van der Waals surface area contributed by atoms with Gasteiger partial charge in [0.2, 0.25) is 5.82 Å². The van der Waals surface area contributed by atoms with Crippen LogP contribution in [0, 0.1) is 0 Å². The van der Waals surface area contributed by atoms with Crippen LogP contribution in [-0.2, 0) is 16.8 Å². The summed E-state index contributed by atoms with van der Waals surface area (Å²) in [7, 11) is 1.37. The molecule has 6 aromatic carbocycles. The van der Waals surface area contributed by atoms with Crippen LogP contribution in [-0.4, -0.2) is 49.4 Å². The predicted octanol–water partition coefficient (Wildman–Crippen LogP) is 8.43. The van der Waals surface area contributed by atoms with E-state index in [-0.39, 0.29) is 0 Å². The van der Waals surface area contributed by atoms with E-state index in [2.05, 4.69) is 71.7 Å². The Morgan fingerprint density at radius 1 is 0.679 bits per heavy atom. The van der Waals surface area contributed by atoms with Gasteiger partial charge in [-0.2, -0.15) is 4.98 Å². The lowest BCUT2D eigenvalue weighted by atomic mass is 9.77. The molecule has 0 bridgehead atoms. The average molecular weight is 697 g/mol. The molecule has 0 aliphatic rings. The van der Waals surface area contributed by atoms with Gasteiger partial charge in [0.05, 0.1) is 31.3 Å². The minimum Gasteiger partial charge on any atom is -0.465 e. The Bertz CT molecular complexity index is 2400. The van der Waals surface area contributed by atoms with E-state index in [9.17, 15) is 4.79 Å². The number of nitrogens with zero attached hydrogens (tertiary/aromatic N) is 6. The van der Waals surface area contributed by atoms with E-state index in [1.807, 2.05) is 96.4 Å². The maximum atomic E-state index is 12.5. The van der Waals surface area contributed by atoms with Gasteiger partial charge in [0, 0.05) is 5.56 Å². The van der Waals surface area contributed by atoms with E-state index < -0.39 is 11.5 Å². The Morgan fingerprint density at radius 2 is 1.26 bits per heavy atom. The van der Waals surface area contributed by atoms with Crippen molar-refractivity contribution in [3.63, 3.8) is 0 Å². The van der Waals surface area contributed by atoms with Crippen LogP contribution < -0.4 is 4.74 Å². The van der Waals surface area contributed by atoms with Crippen molar-refractivity contribution < 1.29 is 14.3 Å². The number of methoxy groups -OCH3 is 1. The van der Waals surface area contributed by atoms with E-state index in [0.29, 0.717) is 36.1 Å². The maximum Gasteiger partial charge on any atom is 0.340 e. The van der Waals surface area contributed by atoms with Crippen molar-refractivity contribution in [3.05, 3.63) is 186 Å². The van der Waals surface area contributed by atoms with Crippen LogP contribution in [0.1, 0.15) is 39.5 Å². The Hall–Kier alpha value is -6.87. The quantitative estimate of drug-likeness (QED) is 0.0990. The minimum atomic E-state index is -0.874. The molecule has 9 heteroatoms. The molecule has 0 amide bonds. The van der Waals surface area contributed by atoms with Gasteiger partial charge in [-0.1, -0.05) is 146 Å². The fourth-order valence-corrected chi connectivity index (χ4v) is 7.04. The molecule has 0 aliphatic carbocycles. The molecule has 0 atom stereocenters. The van der Waals surface area contributed by atoms with E-state index >= 15 is 0 Å². The van der Waals surface area contributed by atoms with Gasteiger partial charge in [-0.15, -0.1) is 15.0 Å². The van der Waals surface area contributed by atoms with E-state index in [1.54, 1.807) is 10.9 Å². The Morgan fingerprint density at radius 3 is 1.85 bits per heavy atom. The Balaban J connectivity index is 1.17. The molecule has 0 spiro atoms. The van der Waals surface area contributed by atoms with Gasteiger partial charge >= 0.3 is 5.97 Å². The van der Waals surface area contributed by atoms with Gasteiger partial charge in [-0.05, 0) is 57.7 Å². The van der Waals surface area contributed by atoms with Crippen LogP contribution >= 0.6 is 0 Å². The molecule has 0 saturated heterocycles. The van der Waals surface area contributed by atoms with Crippen molar-refractivity contribution in [1.82, 2.24) is 29.8 Å². The SMILES string of the molecule is CCOc1nc2c(C(=O)OC)cccc2n1Cc1ccc(-c2ccccc2-c2nnn(C(c3ccccc3)(c3ccccc3)c3ccccc3)n2)cc1. The monoisotopic (exact) mass is 696 g/mol. The molecular formula is C44H36N6O3. The molecule has 8 aromatic rings. The third kappa shape index (κ3) is 6.02. The summed E-state index contributed by atoms with van der Waals surface area (Å²) < 4.78 is 12.9. The minimum absolute atomic E-state index is 0.399. The average Bonchev–Trinajstić information content (AvgIpc) is 3.85. The van der Waals surface area contributed by atoms with Crippen LogP contribution in [0.15, 0.2) is 158 Å². The number of hydrogen-bond donors (Lipinski definition) is 0. The number of fused-ring (bicyclic) bond motifs is 1. The second-order valence-electron chi connectivity index (χ2n) is 12.5. The summed E-state index contributed by atoms with van der Waals surface area (Å²) in [4.78, 5) is 18.9. The number of esters is 1. The molecule has 0 saturated carbocycles. The van der Waals surface area contributed by atoms with Gasteiger partial charge in [0.1, 0.15) is 5.52 Å². The number of ether oxygens (including phenoxy) is 2. The molecule has 9 nitrogen and oxygen atoms in total. The van der Waals surface area contributed by atoms with Crippen LogP contribution in [0.4, 0.5) is 0 Å². The molecule has 260 valence electrons. The highest BCUT2D eigenvalue weighted by molar-refractivity contribution is 6.02. The van der Waals surface area contributed by atoms with Crippen molar-refractivity contribution in [2.75, 3.05) is 13.7 Å². The van der Waals surface area contributed by atoms with Crippen molar-refractivity contribution >= 4 is 17.0 Å². The Kier molecular flexibility index (Phi) is 9.04. The fourth-order valence-electron chi connectivity index (χ4n) is 7.04. The Labute approximate surface area is 307 Å². The summed E-state index contributed by atoms with van der Waals surface area (Å²) in [6.45, 7) is 2.85. The number of aromatic nitrogens is 6. The molecule has 53 heavy (non-hydrogen) atoms. The van der Waals surface area contributed by atoms with E-state index in [4.69, 9.17) is 24.9 Å². The molecular weight excluding hydrogens is 661 g/mol. The van der Waals surface area contributed by atoms with Crippen molar-refractivity contribution in [2.24, 2.45) is 0 Å². The standard InChI is InChI=1S/C44H36N6O3/c1-3-53-43-45-40-38(42(51)52-2)24-15-25-39(40)49(43)30-31-26-28-32(29-27-31)36-22-13-14-23-37(36)41-46-48-50(47-41)44(33-16-7-4-8-17-33,34-18-9-5-10-19-34)35-20-11-6-12-21-35/h4-29H,3,30H2,1-2H3. The summed E-state index contributed by atoms with van der Waals surface area (Å²) in [6.07, 6.45) is 0. The van der Waals surface area contributed by atoms with Gasteiger partial charge in [-0.3, -0.25) is 4.57 Å². The smallest absolute Gasteiger partial charge is 0.340 e. The molecule has 2 heterocycles. The number of carbonyl (C=O) groups is 1. The fraction of sp³-hybridized carbons (Fsp3) is 0.114. The number of tetrazole rings is 1. The number of hydrogen-bond acceptors (Lipinski definition) is 7. The first-order valence-corrected chi connectivity index (χ1v) is 17.5. The first-order chi connectivity index (χ1) is 26.1. The molecule has 0 aliphatic heterocycles. The summed E-state index contributed by atoms with van der Waals surface area (Å²) in [6, 6.07) is 53.4. The number of imidazole rings is 1. The van der Waals surface area contributed by atoms with Crippen molar-refractivity contribution in [1.29, 1.82) is 0 Å². The molecule has 8 rings (SSSR count). The zero-order valence-electron chi connectivity index (χ0n) is 29.3. The van der Waals surface area contributed by atoms with Crippen LogP contribution in [0.25, 0.3) is 33.5 Å². The summed E-state index contributed by atoms with van der Waals surface area (Å²) in [5.41, 5.74) is 7.81. The first-order valence-electron chi connectivity index (χ1n) is 17.5.